The van der Waals surface area contributed by atoms with Crippen LogP contribution in [-0.2, 0) is 0 Å². The smallest absolute Gasteiger partial charge is 0.0708 e. The lowest BCUT2D eigenvalue weighted by Crippen LogP contribution is -1.81. The molecule has 4 nitrogen and oxygen atoms in total. The van der Waals surface area contributed by atoms with Crippen LogP contribution in [0.4, 0.5) is 0 Å². The number of H-pyrrole nitrogens is 1. The maximum absolute atomic E-state index is 4.54. The molecule has 0 aliphatic rings. The predicted octanol–water partition coefficient (Wildman–Crippen LogP) is 2.53. The third-order valence-electron chi connectivity index (χ3n) is 2.46. The molecule has 18 heavy (non-hydrogen) atoms. The highest BCUT2D eigenvalue weighted by atomic mass is 32.1. The first-order valence-electron chi connectivity index (χ1n) is 5.35. The van der Waals surface area contributed by atoms with Crippen molar-refractivity contribution in [2.24, 2.45) is 5.73 Å². The summed E-state index contributed by atoms with van der Waals surface area (Å²) in [7, 11) is 0. The zero-order chi connectivity index (χ0) is 12.8. The van der Waals surface area contributed by atoms with Crippen LogP contribution < -0.4 is 5.73 Å². The topological polar surface area (TPSA) is 67.6 Å². The van der Waals surface area contributed by atoms with Crippen LogP contribution >= 0.6 is 12.2 Å². The molecule has 0 aliphatic heterocycles. The Morgan fingerprint density at radius 2 is 2.00 bits per heavy atom. The van der Waals surface area contributed by atoms with E-state index in [9.17, 15) is 0 Å². The number of nitrogens with zero attached hydrogens (tertiary/aromatic N) is 2. The Morgan fingerprint density at radius 3 is 2.72 bits per heavy atom. The standard InChI is InChI=1S/C12H9N3.CH3NS/c1-2-4-12-11(3-1)10(5-6-13-12)9-7-14-15-8-9;2-1-3/h1-8H,(H,14,15);1H,(H2,2,3). The minimum absolute atomic E-state index is 1.01. The molecular weight excluding hydrogens is 244 g/mol. The van der Waals surface area contributed by atoms with Gasteiger partial charge in [0.1, 0.15) is 0 Å². The number of nitrogens with one attached hydrogen (secondary N) is 1. The van der Waals surface area contributed by atoms with Crippen molar-refractivity contribution < 1.29 is 0 Å². The normalized spacial score (nSPS) is 9.56. The van der Waals surface area contributed by atoms with Crippen LogP contribution in [0.15, 0.2) is 48.9 Å². The number of aromatic nitrogens is 3. The van der Waals surface area contributed by atoms with E-state index in [0.717, 1.165) is 27.5 Å². The van der Waals surface area contributed by atoms with Crippen molar-refractivity contribution in [3.05, 3.63) is 48.9 Å². The van der Waals surface area contributed by atoms with Gasteiger partial charge >= 0.3 is 0 Å². The molecule has 0 atom stereocenters. The molecule has 3 aromatic rings. The van der Waals surface area contributed by atoms with E-state index in [0.29, 0.717) is 0 Å². The summed E-state index contributed by atoms with van der Waals surface area (Å²) >= 11 is 4.05. The van der Waals surface area contributed by atoms with E-state index in [-0.39, 0.29) is 0 Å². The van der Waals surface area contributed by atoms with E-state index in [2.05, 4.69) is 39.2 Å². The molecule has 90 valence electrons. The first kappa shape index (κ1) is 12.2. The Morgan fingerprint density at radius 1 is 1.22 bits per heavy atom. The Hall–Kier alpha value is -2.27. The van der Waals surface area contributed by atoms with Gasteiger partial charge in [-0.25, -0.2) is 0 Å². The summed E-state index contributed by atoms with van der Waals surface area (Å²) in [5, 5.41) is 7.94. The van der Waals surface area contributed by atoms with Crippen molar-refractivity contribution in [3.63, 3.8) is 0 Å². The van der Waals surface area contributed by atoms with Gasteiger partial charge in [-0.05, 0) is 17.7 Å². The molecule has 0 saturated heterocycles. The number of aromatic amines is 1. The fraction of sp³-hybridized carbons (Fsp3) is 0. The molecule has 0 aliphatic carbocycles. The average molecular weight is 256 g/mol. The molecule has 3 N–H and O–H groups in total. The Balaban J connectivity index is 0.000000367. The summed E-state index contributed by atoms with van der Waals surface area (Å²) in [4.78, 5) is 4.32. The van der Waals surface area contributed by atoms with Gasteiger partial charge in [-0.1, -0.05) is 30.4 Å². The van der Waals surface area contributed by atoms with Crippen molar-refractivity contribution in [3.8, 4) is 11.1 Å². The van der Waals surface area contributed by atoms with Crippen LogP contribution in [0.2, 0.25) is 0 Å². The lowest BCUT2D eigenvalue weighted by atomic mass is 10.0. The second-order valence-electron chi connectivity index (χ2n) is 3.50. The molecule has 0 saturated carbocycles. The van der Waals surface area contributed by atoms with E-state index in [1.165, 1.54) is 0 Å². The minimum atomic E-state index is 1.01. The summed E-state index contributed by atoms with van der Waals surface area (Å²) in [6.45, 7) is 0. The molecule has 0 spiro atoms. The van der Waals surface area contributed by atoms with Crippen LogP contribution in [0, 0.1) is 0 Å². The SMILES string of the molecule is NC=S.c1ccc2c(-c3cn[nH]c3)ccnc2c1. The maximum Gasteiger partial charge on any atom is 0.0708 e. The summed E-state index contributed by atoms with van der Waals surface area (Å²) in [5.74, 6) is 0. The van der Waals surface area contributed by atoms with Crippen LogP contribution in [0.25, 0.3) is 22.0 Å². The summed E-state index contributed by atoms with van der Waals surface area (Å²) in [6, 6.07) is 10.1. The fourth-order valence-electron chi connectivity index (χ4n) is 1.75. The molecule has 0 fully saturated rings. The quantitative estimate of drug-likeness (QED) is 0.656. The number of rotatable bonds is 1. The molecule has 0 bridgehead atoms. The van der Waals surface area contributed by atoms with Crippen LogP contribution in [0.1, 0.15) is 0 Å². The first-order chi connectivity index (χ1) is 8.86. The number of benzene rings is 1. The molecule has 1 aromatic carbocycles. The van der Waals surface area contributed by atoms with Crippen molar-refractivity contribution in [2.45, 2.75) is 0 Å². The Labute approximate surface area is 110 Å². The summed E-state index contributed by atoms with van der Waals surface area (Å²) in [5.41, 5.74) is 8.88. The zero-order valence-corrected chi connectivity index (χ0v) is 10.4. The molecule has 0 unspecified atom stereocenters. The van der Waals surface area contributed by atoms with Gasteiger partial charge in [-0.3, -0.25) is 10.1 Å². The third kappa shape index (κ3) is 2.52. The van der Waals surface area contributed by atoms with Crippen LogP contribution in [0.5, 0.6) is 0 Å². The second-order valence-corrected chi connectivity index (χ2v) is 3.77. The predicted molar refractivity (Wildman–Crippen MR) is 77.2 cm³/mol. The highest BCUT2D eigenvalue weighted by molar-refractivity contribution is 7.78. The summed E-state index contributed by atoms with van der Waals surface area (Å²) < 4.78 is 0. The number of fused-ring (bicyclic) bond motifs is 1. The molecule has 0 radical (unpaired) electrons. The molecule has 5 heteroatoms. The number of hydrogen-bond donors (Lipinski definition) is 2. The summed E-state index contributed by atoms with van der Waals surface area (Å²) in [6.07, 6.45) is 5.54. The number of pyridine rings is 1. The first-order valence-corrected chi connectivity index (χ1v) is 5.82. The van der Waals surface area contributed by atoms with Crippen molar-refractivity contribution >= 4 is 28.6 Å². The molecule has 0 amide bonds. The van der Waals surface area contributed by atoms with E-state index < -0.39 is 0 Å². The second kappa shape index (κ2) is 5.88. The van der Waals surface area contributed by atoms with Gasteiger partial charge in [0.25, 0.3) is 0 Å². The highest BCUT2D eigenvalue weighted by Crippen LogP contribution is 2.25. The number of nitrogens with two attached hydrogens (primary N) is 1. The molecular formula is C13H12N4S. The fourth-order valence-corrected chi connectivity index (χ4v) is 1.75. The number of para-hydroxylation sites is 1. The van der Waals surface area contributed by atoms with Gasteiger partial charge in [0.15, 0.2) is 0 Å². The maximum atomic E-state index is 4.54. The average Bonchev–Trinajstić information content (AvgIpc) is 2.93. The third-order valence-corrected chi connectivity index (χ3v) is 2.46. The number of thiocarbonyl (C=S) groups is 1. The molecule has 2 heterocycles. The van der Waals surface area contributed by atoms with Crippen molar-refractivity contribution in [1.29, 1.82) is 0 Å². The van der Waals surface area contributed by atoms with E-state index in [4.69, 9.17) is 0 Å². The van der Waals surface area contributed by atoms with Gasteiger partial charge < -0.3 is 5.73 Å². The monoisotopic (exact) mass is 256 g/mol. The zero-order valence-electron chi connectivity index (χ0n) is 9.58. The van der Waals surface area contributed by atoms with Crippen molar-refractivity contribution in [2.75, 3.05) is 0 Å². The Bertz CT molecular complexity index is 629. The largest absolute Gasteiger partial charge is 0.396 e. The van der Waals surface area contributed by atoms with E-state index >= 15 is 0 Å². The lowest BCUT2D eigenvalue weighted by Gasteiger charge is -2.02. The van der Waals surface area contributed by atoms with Gasteiger partial charge in [0, 0.05) is 23.3 Å². The van der Waals surface area contributed by atoms with Crippen LogP contribution in [0.3, 0.4) is 0 Å². The van der Waals surface area contributed by atoms with Gasteiger partial charge in [-0.15, -0.1) is 0 Å². The van der Waals surface area contributed by atoms with Gasteiger partial charge in [0.05, 0.1) is 17.2 Å². The van der Waals surface area contributed by atoms with Crippen molar-refractivity contribution in [1.82, 2.24) is 15.2 Å². The lowest BCUT2D eigenvalue weighted by molar-refractivity contribution is 1.09. The molecule has 3 rings (SSSR count). The van der Waals surface area contributed by atoms with E-state index in [1.54, 1.807) is 0 Å². The number of hydrogen-bond acceptors (Lipinski definition) is 3. The highest BCUT2D eigenvalue weighted by Gasteiger charge is 2.03. The molecule has 2 aromatic heterocycles. The van der Waals surface area contributed by atoms with Gasteiger partial charge in [0.2, 0.25) is 0 Å². The van der Waals surface area contributed by atoms with Crippen LogP contribution in [-0.4, -0.2) is 20.7 Å². The Kier molecular flexibility index (Phi) is 3.98. The minimum Gasteiger partial charge on any atom is -0.396 e. The van der Waals surface area contributed by atoms with Gasteiger partial charge in [-0.2, -0.15) is 5.10 Å². The van der Waals surface area contributed by atoms with E-state index in [1.807, 2.05) is 42.9 Å².